The van der Waals surface area contributed by atoms with Crippen LogP contribution >= 0.6 is 38.9 Å². The van der Waals surface area contributed by atoms with Gasteiger partial charge in [-0.25, -0.2) is 0 Å². The van der Waals surface area contributed by atoms with Crippen LogP contribution in [0.3, 0.4) is 0 Å². The van der Waals surface area contributed by atoms with Crippen LogP contribution < -0.4 is 5.73 Å². The van der Waals surface area contributed by atoms with E-state index in [1.54, 1.807) is 6.07 Å². The number of thiophene rings is 1. The fourth-order valence-electron chi connectivity index (χ4n) is 0.607. The molecule has 1 unspecified atom stereocenters. The minimum absolute atomic E-state index is 0.528. The summed E-state index contributed by atoms with van der Waals surface area (Å²) in [4.78, 5) is 11.4. The van der Waals surface area contributed by atoms with Gasteiger partial charge in [0.2, 0.25) is 5.24 Å². The number of nitrogens with two attached hydrogens (primary N) is 1. The second-order valence-corrected chi connectivity index (χ2v) is 4.79. The zero-order valence-electron chi connectivity index (χ0n) is 5.38. The first-order valence-corrected chi connectivity index (χ1v) is 4.80. The van der Waals surface area contributed by atoms with E-state index in [1.807, 2.05) is 6.07 Å². The van der Waals surface area contributed by atoms with Crippen LogP contribution in [0.25, 0.3) is 0 Å². The molecule has 5 heteroatoms. The Hall–Kier alpha value is 0.1000. The molecule has 0 aliphatic heterocycles. The van der Waals surface area contributed by atoms with Crippen LogP contribution in [0.2, 0.25) is 0 Å². The molecule has 0 radical (unpaired) electrons. The summed E-state index contributed by atoms with van der Waals surface area (Å²) in [6.07, 6.45) is 0. The Labute approximate surface area is 81.5 Å². The summed E-state index contributed by atoms with van der Waals surface area (Å²) in [6, 6.07) is 2.92. The molecule has 1 rings (SSSR count). The van der Waals surface area contributed by atoms with Gasteiger partial charge in [-0.05, 0) is 39.7 Å². The number of carbonyl (C=O) groups excluding carboxylic acids is 1. The van der Waals surface area contributed by atoms with Gasteiger partial charge < -0.3 is 5.73 Å². The molecule has 1 heterocycles. The second kappa shape index (κ2) is 3.67. The van der Waals surface area contributed by atoms with Crippen LogP contribution in [0.5, 0.6) is 0 Å². The number of carbonyl (C=O) groups is 1. The monoisotopic (exact) mass is 253 g/mol. The second-order valence-electron chi connectivity index (χ2n) is 1.92. The summed E-state index contributed by atoms with van der Waals surface area (Å²) in [6.45, 7) is 0. The predicted molar refractivity (Wildman–Crippen MR) is 49.8 cm³/mol. The molecule has 11 heavy (non-hydrogen) atoms. The largest absolute Gasteiger partial charge is 0.316 e. The molecule has 0 bridgehead atoms. The third kappa shape index (κ3) is 2.27. The van der Waals surface area contributed by atoms with Crippen molar-refractivity contribution in [3.63, 3.8) is 0 Å². The third-order valence-corrected chi connectivity index (χ3v) is 3.09. The SMILES string of the molecule is NC(C(=O)Cl)c1ccc(Br)s1. The Morgan fingerprint density at radius 1 is 1.73 bits per heavy atom. The van der Waals surface area contributed by atoms with Crippen molar-refractivity contribution in [3.05, 3.63) is 20.8 Å². The summed E-state index contributed by atoms with van der Waals surface area (Å²) < 4.78 is 0.945. The molecule has 0 aliphatic rings. The number of hydrogen-bond donors (Lipinski definition) is 1. The van der Waals surface area contributed by atoms with Gasteiger partial charge in [0.15, 0.2) is 0 Å². The highest BCUT2D eigenvalue weighted by atomic mass is 79.9. The summed E-state index contributed by atoms with van der Waals surface area (Å²) in [5.74, 6) is 0. The highest BCUT2D eigenvalue weighted by molar-refractivity contribution is 9.11. The van der Waals surface area contributed by atoms with Gasteiger partial charge in [0.1, 0.15) is 6.04 Å². The molecule has 0 amide bonds. The first-order chi connectivity index (χ1) is 5.11. The van der Waals surface area contributed by atoms with Crippen LogP contribution in [0.4, 0.5) is 0 Å². The Bertz CT molecular complexity index is 275. The molecule has 0 spiro atoms. The normalized spacial score (nSPS) is 13.0. The maximum absolute atomic E-state index is 10.6. The van der Waals surface area contributed by atoms with Crippen LogP contribution in [-0.2, 0) is 4.79 Å². The van der Waals surface area contributed by atoms with Crippen molar-refractivity contribution in [3.8, 4) is 0 Å². The number of halogens is 2. The van der Waals surface area contributed by atoms with Crippen molar-refractivity contribution >= 4 is 44.1 Å². The highest BCUT2D eigenvalue weighted by Crippen LogP contribution is 2.26. The molecule has 1 atom stereocenters. The van der Waals surface area contributed by atoms with Gasteiger partial charge in [-0.2, -0.15) is 0 Å². The lowest BCUT2D eigenvalue weighted by molar-refractivity contribution is -0.112. The maximum atomic E-state index is 10.6. The van der Waals surface area contributed by atoms with Crippen LogP contribution in [-0.4, -0.2) is 5.24 Å². The van der Waals surface area contributed by atoms with E-state index in [1.165, 1.54) is 11.3 Å². The van der Waals surface area contributed by atoms with Crippen molar-refractivity contribution in [1.82, 2.24) is 0 Å². The lowest BCUT2D eigenvalue weighted by Gasteiger charge is -2.00. The van der Waals surface area contributed by atoms with Gasteiger partial charge in [0, 0.05) is 4.88 Å². The maximum Gasteiger partial charge on any atom is 0.243 e. The molecule has 1 aromatic rings. The van der Waals surface area contributed by atoms with E-state index in [9.17, 15) is 4.79 Å². The van der Waals surface area contributed by atoms with Crippen molar-refractivity contribution in [2.24, 2.45) is 5.73 Å². The Morgan fingerprint density at radius 3 is 2.73 bits per heavy atom. The predicted octanol–water partition coefficient (Wildman–Crippen LogP) is 2.28. The summed E-state index contributed by atoms with van der Waals surface area (Å²) in [7, 11) is 0. The van der Waals surface area contributed by atoms with Crippen LogP contribution in [0, 0.1) is 0 Å². The van der Waals surface area contributed by atoms with E-state index >= 15 is 0 Å². The molecule has 0 aliphatic carbocycles. The molecule has 60 valence electrons. The zero-order chi connectivity index (χ0) is 8.43. The molecular weight excluding hydrogens is 249 g/mol. The van der Waals surface area contributed by atoms with E-state index in [2.05, 4.69) is 15.9 Å². The van der Waals surface area contributed by atoms with Gasteiger partial charge in [-0.1, -0.05) is 0 Å². The molecule has 2 nitrogen and oxygen atoms in total. The van der Waals surface area contributed by atoms with Gasteiger partial charge in [-0.3, -0.25) is 4.79 Å². The third-order valence-electron chi connectivity index (χ3n) is 1.15. The quantitative estimate of drug-likeness (QED) is 0.823. The minimum atomic E-state index is -0.687. The summed E-state index contributed by atoms with van der Waals surface area (Å²) >= 11 is 9.87. The summed E-state index contributed by atoms with van der Waals surface area (Å²) in [5.41, 5.74) is 5.46. The first kappa shape index (κ1) is 9.19. The molecule has 0 fully saturated rings. The molecular formula is C6H5BrClNOS. The summed E-state index contributed by atoms with van der Waals surface area (Å²) in [5, 5.41) is -0.528. The van der Waals surface area contributed by atoms with Gasteiger partial charge >= 0.3 is 0 Å². The lowest BCUT2D eigenvalue weighted by Crippen LogP contribution is -2.15. The number of hydrogen-bond acceptors (Lipinski definition) is 3. The fourth-order valence-corrected chi connectivity index (χ4v) is 2.21. The molecule has 2 N–H and O–H groups in total. The smallest absolute Gasteiger partial charge is 0.243 e. The van der Waals surface area contributed by atoms with Crippen LogP contribution in [0.15, 0.2) is 15.9 Å². The van der Waals surface area contributed by atoms with Gasteiger partial charge in [0.25, 0.3) is 0 Å². The lowest BCUT2D eigenvalue weighted by atomic mass is 10.3. The standard InChI is InChI=1S/C6H5BrClNOS/c7-4-2-1-3(11-4)5(9)6(8)10/h1-2,5H,9H2. The minimum Gasteiger partial charge on any atom is -0.316 e. The van der Waals surface area contributed by atoms with Gasteiger partial charge in [-0.15, -0.1) is 11.3 Å². The Kier molecular flexibility index (Phi) is 3.06. The average Bonchev–Trinajstić information content (AvgIpc) is 2.34. The van der Waals surface area contributed by atoms with Crippen molar-refractivity contribution in [2.45, 2.75) is 6.04 Å². The molecule has 0 saturated heterocycles. The average molecular weight is 255 g/mol. The van der Waals surface area contributed by atoms with E-state index in [0.29, 0.717) is 0 Å². The molecule has 1 aromatic heterocycles. The van der Waals surface area contributed by atoms with Crippen molar-refractivity contribution in [2.75, 3.05) is 0 Å². The molecule has 0 aromatic carbocycles. The number of rotatable bonds is 2. The topological polar surface area (TPSA) is 43.1 Å². The molecule has 0 saturated carbocycles. The highest BCUT2D eigenvalue weighted by Gasteiger charge is 2.14. The van der Waals surface area contributed by atoms with E-state index in [4.69, 9.17) is 17.3 Å². The van der Waals surface area contributed by atoms with E-state index in [-0.39, 0.29) is 0 Å². The zero-order valence-corrected chi connectivity index (χ0v) is 8.54. The van der Waals surface area contributed by atoms with Gasteiger partial charge in [0.05, 0.1) is 3.79 Å². The first-order valence-electron chi connectivity index (χ1n) is 2.81. The fraction of sp³-hybridized carbons (Fsp3) is 0.167. The van der Waals surface area contributed by atoms with E-state index in [0.717, 1.165) is 8.66 Å². The Morgan fingerprint density at radius 2 is 2.36 bits per heavy atom. The Balaban J connectivity index is 2.84. The van der Waals surface area contributed by atoms with Crippen molar-refractivity contribution in [1.29, 1.82) is 0 Å². The van der Waals surface area contributed by atoms with Crippen molar-refractivity contribution < 1.29 is 4.79 Å². The van der Waals surface area contributed by atoms with E-state index < -0.39 is 11.3 Å². The van der Waals surface area contributed by atoms with Crippen LogP contribution in [0.1, 0.15) is 10.9 Å².